The molecule has 0 atom stereocenters. The molecule has 2 aromatic carbocycles. The molecule has 0 bridgehead atoms. The highest BCUT2D eigenvalue weighted by molar-refractivity contribution is 5.69. The molecule has 0 saturated carbocycles. The number of aryl methyl sites for hydroxylation is 2. The van der Waals surface area contributed by atoms with Gasteiger partial charge < -0.3 is 9.47 Å². The van der Waals surface area contributed by atoms with Crippen LogP contribution in [0.15, 0.2) is 54.6 Å². The van der Waals surface area contributed by atoms with Crippen LogP contribution in [0.3, 0.4) is 0 Å². The number of ether oxygens (including phenoxy) is 2. The summed E-state index contributed by atoms with van der Waals surface area (Å²) in [5, 5.41) is 0. The zero-order chi connectivity index (χ0) is 15.6. The molecular weight excluding hydrogens is 276 g/mol. The molecule has 3 nitrogen and oxygen atoms in total. The van der Waals surface area contributed by atoms with Crippen molar-refractivity contribution in [2.45, 2.75) is 25.7 Å². The van der Waals surface area contributed by atoms with Crippen LogP contribution in [0.1, 0.15) is 24.0 Å². The van der Waals surface area contributed by atoms with E-state index < -0.39 is 0 Å². The second-order valence-corrected chi connectivity index (χ2v) is 5.16. The van der Waals surface area contributed by atoms with E-state index in [4.69, 9.17) is 9.47 Å². The third-order valence-corrected chi connectivity index (χ3v) is 3.49. The molecular formula is C19H22O3. The number of hydrogen-bond acceptors (Lipinski definition) is 3. The van der Waals surface area contributed by atoms with Crippen molar-refractivity contribution >= 4 is 5.97 Å². The van der Waals surface area contributed by atoms with Crippen LogP contribution in [0.2, 0.25) is 0 Å². The number of carbonyl (C=O) groups is 1. The van der Waals surface area contributed by atoms with E-state index in [0.29, 0.717) is 19.4 Å². The van der Waals surface area contributed by atoms with Crippen molar-refractivity contribution in [1.29, 1.82) is 0 Å². The van der Waals surface area contributed by atoms with Gasteiger partial charge in [0.05, 0.1) is 13.7 Å². The van der Waals surface area contributed by atoms with Crippen LogP contribution in [0.4, 0.5) is 0 Å². The van der Waals surface area contributed by atoms with Gasteiger partial charge in [0.1, 0.15) is 5.75 Å². The average Bonchev–Trinajstić information content (AvgIpc) is 2.58. The lowest BCUT2D eigenvalue weighted by atomic mass is 10.1. The van der Waals surface area contributed by atoms with Crippen LogP contribution < -0.4 is 4.74 Å². The number of rotatable bonds is 8. The molecule has 2 rings (SSSR count). The minimum absolute atomic E-state index is 0.135. The summed E-state index contributed by atoms with van der Waals surface area (Å²) in [4.78, 5) is 11.7. The van der Waals surface area contributed by atoms with Gasteiger partial charge in [0, 0.05) is 6.42 Å². The highest BCUT2D eigenvalue weighted by Gasteiger charge is 2.04. The first-order valence-corrected chi connectivity index (χ1v) is 7.60. The molecule has 3 heteroatoms. The zero-order valence-electron chi connectivity index (χ0n) is 13.0. The highest BCUT2D eigenvalue weighted by atomic mass is 16.5. The van der Waals surface area contributed by atoms with Crippen molar-refractivity contribution in [3.63, 3.8) is 0 Å². The van der Waals surface area contributed by atoms with E-state index >= 15 is 0 Å². The van der Waals surface area contributed by atoms with Gasteiger partial charge in [-0.1, -0.05) is 42.5 Å². The summed E-state index contributed by atoms with van der Waals surface area (Å²) in [5.41, 5.74) is 2.39. The van der Waals surface area contributed by atoms with Gasteiger partial charge in [-0.2, -0.15) is 0 Å². The van der Waals surface area contributed by atoms with Gasteiger partial charge in [-0.25, -0.2) is 0 Å². The lowest BCUT2D eigenvalue weighted by Gasteiger charge is -2.06. The predicted molar refractivity (Wildman–Crippen MR) is 87.0 cm³/mol. The summed E-state index contributed by atoms with van der Waals surface area (Å²) < 4.78 is 10.4. The first-order chi connectivity index (χ1) is 10.8. The van der Waals surface area contributed by atoms with Crippen LogP contribution >= 0.6 is 0 Å². The summed E-state index contributed by atoms with van der Waals surface area (Å²) in [6.07, 6.45) is 2.91. The molecule has 2 aromatic rings. The molecule has 0 unspecified atom stereocenters. The molecule has 0 aliphatic heterocycles. The Morgan fingerprint density at radius 1 is 0.909 bits per heavy atom. The van der Waals surface area contributed by atoms with Crippen molar-refractivity contribution < 1.29 is 14.3 Å². The molecule has 22 heavy (non-hydrogen) atoms. The Morgan fingerprint density at radius 2 is 1.59 bits per heavy atom. The fourth-order valence-electron chi connectivity index (χ4n) is 2.22. The smallest absolute Gasteiger partial charge is 0.306 e. The van der Waals surface area contributed by atoms with Crippen LogP contribution in [-0.2, 0) is 22.4 Å². The van der Waals surface area contributed by atoms with Gasteiger partial charge >= 0.3 is 5.97 Å². The fourth-order valence-corrected chi connectivity index (χ4v) is 2.22. The van der Waals surface area contributed by atoms with Gasteiger partial charge in [0.15, 0.2) is 0 Å². The largest absolute Gasteiger partial charge is 0.497 e. The second-order valence-electron chi connectivity index (χ2n) is 5.16. The van der Waals surface area contributed by atoms with Crippen LogP contribution in [0.25, 0.3) is 0 Å². The van der Waals surface area contributed by atoms with E-state index in [1.54, 1.807) is 7.11 Å². The standard InChI is InChI=1S/C19H22O3/c1-21-18-12-9-17(10-13-18)11-14-19(20)22-15-5-8-16-6-3-2-4-7-16/h2-4,6-7,9-10,12-13H,5,8,11,14-15H2,1H3. The predicted octanol–water partition coefficient (Wildman–Crippen LogP) is 3.80. The van der Waals surface area contributed by atoms with E-state index in [1.165, 1.54) is 5.56 Å². The maximum absolute atomic E-state index is 11.7. The van der Waals surface area contributed by atoms with Crippen LogP contribution in [-0.4, -0.2) is 19.7 Å². The summed E-state index contributed by atoms with van der Waals surface area (Å²) in [6.45, 7) is 0.482. The Bertz CT molecular complexity index is 561. The van der Waals surface area contributed by atoms with Gasteiger partial charge in [0.25, 0.3) is 0 Å². The van der Waals surface area contributed by atoms with E-state index in [2.05, 4.69) is 12.1 Å². The number of benzene rings is 2. The molecule has 0 fully saturated rings. The van der Waals surface area contributed by atoms with Crippen molar-refractivity contribution in [2.24, 2.45) is 0 Å². The monoisotopic (exact) mass is 298 g/mol. The minimum Gasteiger partial charge on any atom is -0.497 e. The quantitative estimate of drug-likeness (QED) is 0.549. The molecule has 0 aliphatic carbocycles. The molecule has 0 amide bonds. The Morgan fingerprint density at radius 3 is 2.27 bits per heavy atom. The van der Waals surface area contributed by atoms with Crippen molar-refractivity contribution in [2.75, 3.05) is 13.7 Å². The normalized spacial score (nSPS) is 10.2. The molecule has 0 radical (unpaired) electrons. The molecule has 0 N–H and O–H groups in total. The molecule has 0 spiro atoms. The third kappa shape index (κ3) is 5.60. The maximum atomic E-state index is 11.7. The van der Waals surface area contributed by atoms with Gasteiger partial charge in [-0.3, -0.25) is 4.79 Å². The first-order valence-electron chi connectivity index (χ1n) is 7.60. The zero-order valence-corrected chi connectivity index (χ0v) is 13.0. The molecule has 0 aliphatic rings. The SMILES string of the molecule is COc1ccc(CCC(=O)OCCCc2ccccc2)cc1. The van der Waals surface area contributed by atoms with E-state index in [0.717, 1.165) is 24.2 Å². The van der Waals surface area contributed by atoms with Crippen molar-refractivity contribution in [3.8, 4) is 5.75 Å². The summed E-state index contributed by atoms with van der Waals surface area (Å²) in [7, 11) is 1.64. The van der Waals surface area contributed by atoms with E-state index in [1.807, 2.05) is 42.5 Å². The Balaban J connectivity index is 1.61. The van der Waals surface area contributed by atoms with Crippen molar-refractivity contribution in [3.05, 3.63) is 65.7 Å². The number of hydrogen-bond donors (Lipinski definition) is 0. The lowest BCUT2D eigenvalue weighted by molar-refractivity contribution is -0.143. The number of methoxy groups -OCH3 is 1. The van der Waals surface area contributed by atoms with Gasteiger partial charge in [0.2, 0.25) is 0 Å². The highest BCUT2D eigenvalue weighted by Crippen LogP contribution is 2.12. The maximum Gasteiger partial charge on any atom is 0.306 e. The summed E-state index contributed by atoms with van der Waals surface area (Å²) in [5.74, 6) is 0.691. The van der Waals surface area contributed by atoms with Crippen LogP contribution in [0.5, 0.6) is 5.75 Å². The lowest BCUT2D eigenvalue weighted by Crippen LogP contribution is -2.07. The fraction of sp³-hybridized carbons (Fsp3) is 0.316. The topological polar surface area (TPSA) is 35.5 Å². The van der Waals surface area contributed by atoms with E-state index in [9.17, 15) is 4.79 Å². The summed E-state index contributed by atoms with van der Waals surface area (Å²) >= 11 is 0. The molecule has 0 aromatic heterocycles. The van der Waals surface area contributed by atoms with Crippen molar-refractivity contribution in [1.82, 2.24) is 0 Å². The number of carbonyl (C=O) groups excluding carboxylic acids is 1. The Kier molecular flexibility index (Phi) is 6.49. The number of esters is 1. The third-order valence-electron chi connectivity index (χ3n) is 3.49. The summed E-state index contributed by atoms with van der Waals surface area (Å²) in [6, 6.07) is 18.0. The van der Waals surface area contributed by atoms with Gasteiger partial charge in [-0.15, -0.1) is 0 Å². The average molecular weight is 298 g/mol. The Hall–Kier alpha value is -2.29. The second kappa shape index (κ2) is 8.88. The molecule has 0 heterocycles. The van der Waals surface area contributed by atoms with Crippen LogP contribution in [0, 0.1) is 0 Å². The van der Waals surface area contributed by atoms with Gasteiger partial charge in [-0.05, 0) is 42.5 Å². The first kappa shape index (κ1) is 16.1. The molecule has 116 valence electrons. The Labute approximate surface area is 131 Å². The molecule has 0 saturated heterocycles. The van der Waals surface area contributed by atoms with E-state index in [-0.39, 0.29) is 5.97 Å². The minimum atomic E-state index is -0.135.